The Morgan fingerprint density at radius 3 is 2.64 bits per heavy atom. The Balaban J connectivity index is 1.79. The highest BCUT2D eigenvalue weighted by Crippen LogP contribution is 2.52. The van der Waals surface area contributed by atoms with Crippen LogP contribution >= 0.6 is 10.3 Å². The second-order valence-corrected chi connectivity index (χ2v) is 11.3. The molecule has 11 nitrogen and oxygen atoms in total. The minimum Gasteiger partial charge on any atom is -0.368 e. The van der Waals surface area contributed by atoms with E-state index in [2.05, 4.69) is 25.6 Å². The van der Waals surface area contributed by atoms with E-state index in [4.69, 9.17) is 14.6 Å². The number of aromatic nitrogens is 3. The molecule has 1 fully saturated rings. The van der Waals surface area contributed by atoms with Crippen LogP contribution in [-0.4, -0.2) is 45.7 Å². The second-order valence-electron chi connectivity index (χ2n) is 6.52. The number of hydrogen-bond acceptors (Lipinski definition) is 10. The van der Waals surface area contributed by atoms with E-state index < -0.39 is 20.4 Å². The Morgan fingerprint density at radius 1 is 1.29 bits per heavy atom. The van der Waals surface area contributed by atoms with Crippen LogP contribution in [-0.2, 0) is 14.4 Å². The first-order chi connectivity index (χ1) is 13.2. The van der Waals surface area contributed by atoms with Crippen LogP contribution in [0.5, 0.6) is 0 Å². The van der Waals surface area contributed by atoms with Crippen molar-refractivity contribution in [1.29, 1.82) is 0 Å². The number of anilines is 3. The van der Waals surface area contributed by atoms with Crippen molar-refractivity contribution in [3.63, 3.8) is 0 Å². The molecule has 1 aliphatic heterocycles. The van der Waals surface area contributed by atoms with Crippen molar-refractivity contribution >= 4 is 38.0 Å². The third-order valence-corrected chi connectivity index (χ3v) is 7.90. The molecule has 0 aliphatic carbocycles. The smallest absolute Gasteiger partial charge is 0.294 e. The van der Waals surface area contributed by atoms with E-state index >= 15 is 0 Å². The summed E-state index contributed by atoms with van der Waals surface area (Å²) in [5.41, 5.74) is 6.18. The van der Waals surface area contributed by atoms with Crippen molar-refractivity contribution in [3.05, 3.63) is 35.0 Å². The molecule has 0 amide bonds. The van der Waals surface area contributed by atoms with Crippen LogP contribution in [0.4, 0.5) is 17.6 Å². The molecule has 0 atom stereocenters. The molecule has 4 N–H and O–H groups in total. The third kappa shape index (κ3) is 4.85. The predicted molar refractivity (Wildman–Crippen MR) is 106 cm³/mol. The van der Waals surface area contributed by atoms with Crippen molar-refractivity contribution in [2.45, 2.75) is 23.7 Å². The van der Waals surface area contributed by atoms with E-state index in [1.807, 2.05) is 6.26 Å². The SMILES string of the molecule is CS1(ON=O)CCC(c2nc(N)nc(Nc3cccc(S(=O)(=O)O)c3)n2)CC1. The molecule has 0 radical (unpaired) electrons. The molecule has 0 saturated carbocycles. The molecule has 152 valence electrons. The highest BCUT2D eigenvalue weighted by Gasteiger charge is 2.31. The lowest BCUT2D eigenvalue weighted by Gasteiger charge is -2.37. The topological polar surface area (TPSA) is 170 Å². The average Bonchev–Trinajstić information content (AvgIpc) is 2.61. The Morgan fingerprint density at radius 2 is 2.00 bits per heavy atom. The monoisotopic (exact) mass is 428 g/mol. The van der Waals surface area contributed by atoms with Crippen molar-refractivity contribution in [2.75, 3.05) is 28.8 Å². The summed E-state index contributed by atoms with van der Waals surface area (Å²) in [6.07, 6.45) is 3.37. The van der Waals surface area contributed by atoms with Gasteiger partial charge in [-0.25, -0.2) is 0 Å². The van der Waals surface area contributed by atoms with Gasteiger partial charge in [0.05, 0.1) is 4.90 Å². The van der Waals surface area contributed by atoms with E-state index in [1.165, 1.54) is 18.2 Å². The molecule has 28 heavy (non-hydrogen) atoms. The van der Waals surface area contributed by atoms with Crippen LogP contribution < -0.4 is 11.1 Å². The van der Waals surface area contributed by atoms with Gasteiger partial charge in [0.1, 0.15) is 5.82 Å². The number of benzene rings is 1. The molecule has 0 unspecified atom stereocenters. The Kier molecular flexibility index (Phi) is 5.67. The molecule has 0 spiro atoms. The van der Waals surface area contributed by atoms with Crippen LogP contribution in [0.3, 0.4) is 0 Å². The summed E-state index contributed by atoms with van der Waals surface area (Å²) in [5, 5.41) is 5.46. The Hall–Kier alpha value is -2.51. The quantitative estimate of drug-likeness (QED) is 0.352. The molecule has 13 heteroatoms. The zero-order valence-corrected chi connectivity index (χ0v) is 16.6. The van der Waals surface area contributed by atoms with Crippen LogP contribution in [0.15, 0.2) is 34.5 Å². The number of nitrogens with two attached hydrogens (primary N) is 1. The lowest BCUT2D eigenvalue weighted by Crippen LogP contribution is -2.22. The summed E-state index contributed by atoms with van der Waals surface area (Å²) in [5.74, 6) is 2.15. The molecule has 0 bridgehead atoms. The van der Waals surface area contributed by atoms with Gasteiger partial charge in [0.2, 0.25) is 11.9 Å². The highest BCUT2D eigenvalue weighted by atomic mass is 32.3. The molecule has 1 saturated heterocycles. The summed E-state index contributed by atoms with van der Waals surface area (Å²) in [4.78, 5) is 22.8. The maximum atomic E-state index is 11.3. The van der Waals surface area contributed by atoms with Crippen LogP contribution in [0, 0.1) is 4.91 Å². The number of nitrogen functional groups attached to an aromatic ring is 1. The minimum absolute atomic E-state index is 0.0323. The first-order valence-corrected chi connectivity index (χ1v) is 12.0. The largest absolute Gasteiger partial charge is 0.368 e. The molecule has 1 aromatic heterocycles. The standard InChI is InChI=1S/C15H20N6O5S2/c1-27(26-21-22)7-5-10(6-8-27)13-18-14(16)20-15(19-13)17-11-3-2-4-12(9-11)28(23,24)25/h2-4,9-10H,5-8H2,1H3,(H,23,24,25)(H3,16,17,18,19,20). The number of nitrogens with one attached hydrogen (secondary N) is 1. The van der Waals surface area contributed by atoms with E-state index in [0.29, 0.717) is 23.0 Å². The highest BCUT2D eigenvalue weighted by molar-refractivity contribution is 8.29. The zero-order chi connectivity index (χ0) is 20.4. The van der Waals surface area contributed by atoms with Crippen LogP contribution in [0.1, 0.15) is 24.6 Å². The molecule has 1 aromatic carbocycles. The Bertz CT molecular complexity index is 979. The first-order valence-electron chi connectivity index (χ1n) is 8.29. The van der Waals surface area contributed by atoms with Gasteiger partial charge in [-0.2, -0.15) is 23.4 Å². The first kappa shape index (κ1) is 20.2. The molecule has 1 aliphatic rings. The van der Waals surface area contributed by atoms with Crippen molar-refractivity contribution in [3.8, 4) is 0 Å². The van der Waals surface area contributed by atoms with Gasteiger partial charge in [-0.3, -0.25) is 4.55 Å². The lowest BCUT2D eigenvalue weighted by atomic mass is 10.0. The van der Waals surface area contributed by atoms with Crippen LogP contribution in [0.25, 0.3) is 0 Å². The lowest BCUT2D eigenvalue weighted by molar-refractivity contribution is 0.370. The van der Waals surface area contributed by atoms with Crippen molar-refractivity contribution in [1.82, 2.24) is 15.0 Å². The number of hydrogen-bond donors (Lipinski definition) is 3. The van der Waals surface area contributed by atoms with E-state index in [-0.39, 0.29) is 22.7 Å². The van der Waals surface area contributed by atoms with Gasteiger partial charge in [-0.1, -0.05) is 16.4 Å². The summed E-state index contributed by atoms with van der Waals surface area (Å²) in [7, 11) is -5.82. The normalized spacial score (nSPS) is 24.7. The Labute approximate surface area is 163 Å². The molecule has 2 aromatic rings. The van der Waals surface area contributed by atoms with Gasteiger partial charge in [-0.15, -0.1) is 4.91 Å². The fraction of sp³-hybridized carbons (Fsp3) is 0.400. The van der Waals surface area contributed by atoms with Crippen LogP contribution in [0.2, 0.25) is 0 Å². The fourth-order valence-corrected chi connectivity index (χ4v) is 5.54. The number of rotatable bonds is 6. The predicted octanol–water partition coefficient (Wildman–Crippen LogP) is 2.37. The molecule has 3 rings (SSSR count). The van der Waals surface area contributed by atoms with E-state index in [9.17, 15) is 13.3 Å². The van der Waals surface area contributed by atoms with Gasteiger partial charge in [0, 0.05) is 23.1 Å². The molecular weight excluding hydrogens is 408 g/mol. The second kappa shape index (κ2) is 7.85. The fourth-order valence-electron chi connectivity index (χ4n) is 2.95. The molecular formula is C15H20N6O5S2. The maximum absolute atomic E-state index is 11.3. The van der Waals surface area contributed by atoms with Gasteiger partial charge < -0.3 is 15.3 Å². The summed E-state index contributed by atoms with van der Waals surface area (Å²) >= 11 is 0. The minimum atomic E-state index is -4.32. The average molecular weight is 428 g/mol. The van der Waals surface area contributed by atoms with Gasteiger partial charge in [0.25, 0.3) is 10.1 Å². The van der Waals surface area contributed by atoms with Gasteiger partial charge >= 0.3 is 0 Å². The number of nitrogens with zero attached hydrogens (tertiary/aromatic N) is 4. The zero-order valence-electron chi connectivity index (χ0n) is 15.0. The molecule has 2 heterocycles. The third-order valence-electron chi connectivity index (χ3n) is 4.43. The maximum Gasteiger partial charge on any atom is 0.294 e. The van der Waals surface area contributed by atoms with Crippen molar-refractivity contribution in [2.24, 2.45) is 5.34 Å². The van der Waals surface area contributed by atoms with E-state index in [0.717, 1.165) is 12.8 Å². The van der Waals surface area contributed by atoms with Crippen molar-refractivity contribution < 1.29 is 17.3 Å². The summed E-state index contributed by atoms with van der Waals surface area (Å²) in [6.45, 7) is 0. The van der Waals surface area contributed by atoms with Gasteiger partial charge in [-0.05, 0) is 37.3 Å². The summed E-state index contributed by atoms with van der Waals surface area (Å²) < 4.78 is 36.7. The van der Waals surface area contributed by atoms with Gasteiger partial charge in [0.15, 0.2) is 5.34 Å². The summed E-state index contributed by atoms with van der Waals surface area (Å²) in [6, 6.07) is 5.61. The van der Waals surface area contributed by atoms with E-state index in [1.54, 1.807) is 6.07 Å².